The summed E-state index contributed by atoms with van der Waals surface area (Å²) in [5.41, 5.74) is 1.16. The van der Waals surface area contributed by atoms with Crippen LogP contribution >= 0.6 is 0 Å². The quantitative estimate of drug-likeness (QED) is 0.577. The molecule has 0 atom stereocenters. The summed E-state index contributed by atoms with van der Waals surface area (Å²) in [6, 6.07) is 0. The van der Waals surface area contributed by atoms with Crippen LogP contribution in [-0.4, -0.2) is 9.55 Å². The second kappa shape index (κ2) is 8.32. The lowest BCUT2D eigenvalue weighted by Gasteiger charge is -2.06. The summed E-state index contributed by atoms with van der Waals surface area (Å²) in [6.07, 6.45) is 12.9. The Balaban J connectivity index is 2.13. The predicted molar refractivity (Wildman–Crippen MR) is 74.3 cm³/mol. The van der Waals surface area contributed by atoms with Crippen molar-refractivity contribution in [2.75, 3.05) is 0 Å². The van der Waals surface area contributed by atoms with Crippen molar-refractivity contribution in [1.29, 1.82) is 0 Å². The maximum Gasteiger partial charge on any atom is 0.108 e. The summed E-state index contributed by atoms with van der Waals surface area (Å²) < 4.78 is 2.33. The SMILES string of the molecule is CCCCCCCCCn1cc(C)nc1CC. The van der Waals surface area contributed by atoms with E-state index in [2.05, 4.69) is 36.5 Å². The van der Waals surface area contributed by atoms with Gasteiger partial charge in [0.15, 0.2) is 0 Å². The molecule has 0 unspecified atom stereocenters. The summed E-state index contributed by atoms with van der Waals surface area (Å²) >= 11 is 0. The highest BCUT2D eigenvalue weighted by molar-refractivity contribution is 5.01. The number of aryl methyl sites for hydroxylation is 3. The topological polar surface area (TPSA) is 17.8 Å². The molecule has 0 aliphatic carbocycles. The fourth-order valence-electron chi connectivity index (χ4n) is 2.31. The van der Waals surface area contributed by atoms with Crippen LogP contribution in [0.15, 0.2) is 6.20 Å². The average Bonchev–Trinajstić information content (AvgIpc) is 2.68. The van der Waals surface area contributed by atoms with Gasteiger partial charge in [-0.1, -0.05) is 52.4 Å². The Labute approximate surface area is 106 Å². The third kappa shape index (κ3) is 5.38. The molecule has 0 saturated carbocycles. The largest absolute Gasteiger partial charge is 0.335 e. The lowest BCUT2D eigenvalue weighted by atomic mass is 10.1. The van der Waals surface area contributed by atoms with Gasteiger partial charge in [-0.3, -0.25) is 0 Å². The van der Waals surface area contributed by atoms with E-state index in [0.29, 0.717) is 0 Å². The summed E-state index contributed by atoms with van der Waals surface area (Å²) in [5, 5.41) is 0. The molecule has 0 N–H and O–H groups in total. The normalized spacial score (nSPS) is 11.0. The van der Waals surface area contributed by atoms with Crippen LogP contribution in [0.25, 0.3) is 0 Å². The molecule has 0 radical (unpaired) electrons. The number of hydrogen-bond donors (Lipinski definition) is 0. The van der Waals surface area contributed by atoms with Gasteiger partial charge < -0.3 is 4.57 Å². The number of nitrogens with zero attached hydrogens (tertiary/aromatic N) is 2. The Morgan fingerprint density at radius 1 is 1.00 bits per heavy atom. The van der Waals surface area contributed by atoms with Crippen molar-refractivity contribution in [2.24, 2.45) is 0 Å². The highest BCUT2D eigenvalue weighted by atomic mass is 15.1. The monoisotopic (exact) mass is 236 g/mol. The van der Waals surface area contributed by atoms with Crippen molar-refractivity contribution >= 4 is 0 Å². The zero-order valence-corrected chi connectivity index (χ0v) is 11.8. The van der Waals surface area contributed by atoms with E-state index in [4.69, 9.17) is 0 Å². The molecule has 1 heterocycles. The van der Waals surface area contributed by atoms with Crippen molar-refractivity contribution in [3.63, 3.8) is 0 Å². The van der Waals surface area contributed by atoms with E-state index in [0.717, 1.165) is 18.7 Å². The van der Waals surface area contributed by atoms with Crippen LogP contribution in [0.3, 0.4) is 0 Å². The van der Waals surface area contributed by atoms with Gasteiger partial charge in [0.1, 0.15) is 5.82 Å². The van der Waals surface area contributed by atoms with Crippen molar-refractivity contribution in [3.05, 3.63) is 17.7 Å². The number of unbranched alkanes of at least 4 members (excludes halogenated alkanes) is 6. The summed E-state index contributed by atoms with van der Waals surface area (Å²) in [7, 11) is 0. The van der Waals surface area contributed by atoms with Gasteiger partial charge in [-0.25, -0.2) is 4.98 Å². The van der Waals surface area contributed by atoms with Crippen LogP contribution in [0, 0.1) is 6.92 Å². The molecule has 0 bridgehead atoms. The maximum absolute atomic E-state index is 4.53. The third-order valence-corrected chi connectivity index (χ3v) is 3.30. The molecule has 2 nitrogen and oxygen atoms in total. The molecule has 0 aromatic carbocycles. The van der Waals surface area contributed by atoms with Crippen LogP contribution in [0.5, 0.6) is 0 Å². The van der Waals surface area contributed by atoms with Gasteiger partial charge in [-0.05, 0) is 13.3 Å². The lowest BCUT2D eigenvalue weighted by Crippen LogP contribution is -2.01. The van der Waals surface area contributed by atoms with Crippen LogP contribution in [0.2, 0.25) is 0 Å². The Morgan fingerprint density at radius 3 is 2.29 bits per heavy atom. The molecule has 0 aliphatic rings. The number of aromatic nitrogens is 2. The van der Waals surface area contributed by atoms with E-state index in [1.165, 1.54) is 50.8 Å². The molecule has 0 fully saturated rings. The highest BCUT2D eigenvalue weighted by Crippen LogP contribution is 2.10. The average molecular weight is 236 g/mol. The van der Waals surface area contributed by atoms with Crippen LogP contribution in [0.1, 0.15) is 70.3 Å². The van der Waals surface area contributed by atoms with E-state index in [9.17, 15) is 0 Å². The third-order valence-electron chi connectivity index (χ3n) is 3.30. The van der Waals surface area contributed by atoms with Gasteiger partial charge in [0, 0.05) is 19.2 Å². The molecule has 1 rings (SSSR count). The maximum atomic E-state index is 4.53. The first-order valence-corrected chi connectivity index (χ1v) is 7.30. The Kier molecular flexibility index (Phi) is 6.99. The van der Waals surface area contributed by atoms with Crippen LogP contribution in [-0.2, 0) is 13.0 Å². The zero-order valence-electron chi connectivity index (χ0n) is 11.8. The molecule has 0 aliphatic heterocycles. The van der Waals surface area contributed by atoms with Gasteiger partial charge >= 0.3 is 0 Å². The van der Waals surface area contributed by atoms with E-state index < -0.39 is 0 Å². The zero-order chi connectivity index (χ0) is 12.5. The molecular formula is C15H28N2. The molecule has 1 aromatic heterocycles. The van der Waals surface area contributed by atoms with Gasteiger partial charge in [0.2, 0.25) is 0 Å². The van der Waals surface area contributed by atoms with E-state index >= 15 is 0 Å². The van der Waals surface area contributed by atoms with E-state index in [1.54, 1.807) is 0 Å². The smallest absolute Gasteiger partial charge is 0.108 e. The highest BCUT2D eigenvalue weighted by Gasteiger charge is 2.02. The first-order valence-electron chi connectivity index (χ1n) is 7.30. The lowest BCUT2D eigenvalue weighted by molar-refractivity contribution is 0.541. The number of rotatable bonds is 9. The standard InChI is InChI=1S/C15H28N2/c1-4-6-7-8-9-10-11-12-17-13-14(3)16-15(17)5-2/h13H,4-12H2,1-3H3. The number of imidazole rings is 1. The van der Waals surface area contributed by atoms with Crippen molar-refractivity contribution in [1.82, 2.24) is 9.55 Å². The first-order chi connectivity index (χ1) is 8.27. The first kappa shape index (κ1) is 14.3. The number of hydrogen-bond acceptors (Lipinski definition) is 1. The molecule has 0 saturated heterocycles. The molecule has 98 valence electrons. The fourth-order valence-corrected chi connectivity index (χ4v) is 2.31. The molecule has 2 heteroatoms. The molecular weight excluding hydrogens is 208 g/mol. The van der Waals surface area contributed by atoms with Gasteiger partial charge in [0.05, 0.1) is 5.69 Å². The minimum atomic E-state index is 1.05. The second-order valence-electron chi connectivity index (χ2n) is 4.97. The van der Waals surface area contributed by atoms with Crippen molar-refractivity contribution in [3.8, 4) is 0 Å². The Morgan fingerprint density at radius 2 is 1.65 bits per heavy atom. The Bertz CT molecular complexity index is 302. The van der Waals surface area contributed by atoms with Gasteiger partial charge in [-0.2, -0.15) is 0 Å². The molecule has 17 heavy (non-hydrogen) atoms. The van der Waals surface area contributed by atoms with Crippen molar-refractivity contribution < 1.29 is 0 Å². The van der Waals surface area contributed by atoms with E-state index in [-0.39, 0.29) is 0 Å². The minimum Gasteiger partial charge on any atom is -0.335 e. The van der Waals surface area contributed by atoms with Crippen molar-refractivity contribution in [2.45, 2.75) is 78.7 Å². The molecule has 1 aromatic rings. The summed E-state index contributed by atoms with van der Waals surface area (Å²) in [6.45, 7) is 7.69. The van der Waals surface area contributed by atoms with Crippen LogP contribution in [0.4, 0.5) is 0 Å². The van der Waals surface area contributed by atoms with Crippen LogP contribution < -0.4 is 0 Å². The summed E-state index contributed by atoms with van der Waals surface area (Å²) in [4.78, 5) is 4.53. The summed E-state index contributed by atoms with van der Waals surface area (Å²) in [5.74, 6) is 1.24. The minimum absolute atomic E-state index is 1.05. The van der Waals surface area contributed by atoms with E-state index in [1.807, 2.05) is 0 Å². The second-order valence-corrected chi connectivity index (χ2v) is 4.97. The van der Waals surface area contributed by atoms with Gasteiger partial charge in [0.25, 0.3) is 0 Å². The molecule has 0 amide bonds. The predicted octanol–water partition coefficient (Wildman–Crippen LogP) is 4.50. The molecule has 0 spiro atoms. The fraction of sp³-hybridized carbons (Fsp3) is 0.800. The van der Waals surface area contributed by atoms with Gasteiger partial charge in [-0.15, -0.1) is 0 Å². The Hall–Kier alpha value is -0.790.